The first kappa shape index (κ1) is 11.9. The van der Waals surface area contributed by atoms with Gasteiger partial charge in [-0.05, 0) is 24.4 Å². The second-order valence-corrected chi connectivity index (χ2v) is 4.22. The quantitative estimate of drug-likeness (QED) is 0.749. The Bertz CT molecular complexity index is 527. The van der Waals surface area contributed by atoms with Gasteiger partial charge >= 0.3 is 5.97 Å². The maximum atomic E-state index is 10.8. The fourth-order valence-corrected chi connectivity index (χ4v) is 2.28. The molecule has 0 aliphatic heterocycles. The lowest BCUT2D eigenvalue weighted by atomic mass is 10.2. The fraction of sp³-hybridized carbons (Fsp3) is 0.200. The van der Waals surface area contributed by atoms with E-state index in [2.05, 4.69) is 4.98 Å². The Morgan fingerprint density at radius 3 is 2.73 bits per heavy atom. The van der Waals surface area contributed by atoms with Crippen LogP contribution in [-0.4, -0.2) is 16.1 Å². The highest BCUT2D eigenvalue weighted by molar-refractivity contribution is 7.73. The Hall–Kier alpha value is -1.20. The van der Waals surface area contributed by atoms with Gasteiger partial charge in [0.2, 0.25) is 0 Å². The predicted molar refractivity (Wildman–Crippen MR) is 65.3 cm³/mol. The van der Waals surface area contributed by atoms with E-state index in [1.165, 1.54) is 11.3 Å². The van der Waals surface area contributed by atoms with Gasteiger partial charge in [-0.1, -0.05) is 19.9 Å². The number of carboxylic acids is 1. The molecule has 0 saturated carbocycles. The summed E-state index contributed by atoms with van der Waals surface area (Å²) in [4.78, 5) is 13.6. The Balaban J connectivity index is 0.000000531. The maximum Gasteiger partial charge on any atom is 0.337 e. The van der Waals surface area contributed by atoms with Gasteiger partial charge in [-0.3, -0.25) is 0 Å². The molecule has 2 aromatic rings. The van der Waals surface area contributed by atoms with Crippen molar-refractivity contribution >= 4 is 39.7 Å². The van der Waals surface area contributed by atoms with Gasteiger partial charge < -0.3 is 10.1 Å². The molecule has 2 N–H and O–H groups in total. The van der Waals surface area contributed by atoms with Gasteiger partial charge in [0.05, 0.1) is 15.8 Å². The average Bonchev–Trinajstić information content (AvgIpc) is 2.60. The van der Waals surface area contributed by atoms with Crippen molar-refractivity contribution in [2.24, 2.45) is 0 Å². The number of hydrogen-bond donors (Lipinski definition) is 2. The van der Waals surface area contributed by atoms with E-state index >= 15 is 0 Å². The van der Waals surface area contributed by atoms with E-state index < -0.39 is 5.97 Å². The van der Waals surface area contributed by atoms with Crippen LogP contribution in [0.15, 0.2) is 18.2 Å². The molecular formula is C10H11NO2S2. The molecule has 0 spiro atoms. The number of fused-ring (bicyclic) bond motifs is 1. The SMILES string of the molecule is CC.O=C(O)c1cccc2sc(=S)[nH]c12. The molecule has 0 amide bonds. The van der Waals surface area contributed by atoms with Crippen LogP contribution in [0.25, 0.3) is 10.2 Å². The standard InChI is InChI=1S/C8H5NO2S2.C2H6/c10-7(11)4-2-1-3-5-6(4)9-8(12)13-5;1-2/h1-3H,(H,9,12)(H,10,11);1-2H3. The summed E-state index contributed by atoms with van der Waals surface area (Å²) in [6.07, 6.45) is 0. The molecule has 0 fully saturated rings. The maximum absolute atomic E-state index is 10.8. The molecule has 0 saturated heterocycles. The number of aromatic carboxylic acids is 1. The van der Waals surface area contributed by atoms with Crippen LogP contribution in [0.3, 0.4) is 0 Å². The van der Waals surface area contributed by atoms with Gasteiger partial charge in [-0.2, -0.15) is 0 Å². The molecule has 80 valence electrons. The molecule has 0 atom stereocenters. The van der Waals surface area contributed by atoms with Crippen molar-refractivity contribution in [3.8, 4) is 0 Å². The minimum Gasteiger partial charge on any atom is -0.478 e. The van der Waals surface area contributed by atoms with Crippen LogP contribution >= 0.6 is 23.6 Å². The van der Waals surface area contributed by atoms with Crippen molar-refractivity contribution in [2.45, 2.75) is 13.8 Å². The fourth-order valence-electron chi connectivity index (χ4n) is 1.15. The number of hydrogen-bond acceptors (Lipinski definition) is 3. The molecule has 0 unspecified atom stereocenters. The van der Waals surface area contributed by atoms with E-state index in [1.807, 2.05) is 19.9 Å². The van der Waals surface area contributed by atoms with Gasteiger partial charge in [-0.15, -0.1) is 11.3 Å². The van der Waals surface area contributed by atoms with Crippen molar-refractivity contribution in [1.29, 1.82) is 0 Å². The Morgan fingerprint density at radius 2 is 2.13 bits per heavy atom. The van der Waals surface area contributed by atoms with Crippen molar-refractivity contribution in [1.82, 2.24) is 4.98 Å². The second-order valence-electron chi connectivity index (χ2n) is 2.50. The van der Waals surface area contributed by atoms with Gasteiger partial charge in [0, 0.05) is 0 Å². The first-order valence-electron chi connectivity index (χ1n) is 4.53. The second kappa shape index (κ2) is 5.04. The van der Waals surface area contributed by atoms with Crippen LogP contribution < -0.4 is 0 Å². The van der Waals surface area contributed by atoms with Crippen molar-refractivity contribution in [2.75, 3.05) is 0 Å². The first-order chi connectivity index (χ1) is 7.18. The summed E-state index contributed by atoms with van der Waals surface area (Å²) in [6, 6.07) is 5.12. The summed E-state index contributed by atoms with van der Waals surface area (Å²) < 4.78 is 1.48. The lowest BCUT2D eigenvalue weighted by Gasteiger charge is -1.94. The smallest absolute Gasteiger partial charge is 0.337 e. The third kappa shape index (κ3) is 2.43. The summed E-state index contributed by atoms with van der Waals surface area (Å²) in [5, 5.41) is 8.84. The Labute approximate surface area is 96.4 Å². The summed E-state index contributed by atoms with van der Waals surface area (Å²) >= 11 is 6.31. The van der Waals surface area contributed by atoms with E-state index in [4.69, 9.17) is 17.3 Å². The van der Waals surface area contributed by atoms with E-state index in [0.717, 1.165) is 4.70 Å². The number of thiazole rings is 1. The molecule has 1 heterocycles. The predicted octanol–water partition coefficient (Wildman–Crippen LogP) is 3.68. The Kier molecular flexibility index (Phi) is 3.99. The number of H-pyrrole nitrogens is 1. The molecule has 0 bridgehead atoms. The summed E-state index contributed by atoms with van der Waals surface area (Å²) in [5.74, 6) is -0.936. The molecule has 0 radical (unpaired) electrons. The summed E-state index contributed by atoms with van der Waals surface area (Å²) in [5.41, 5.74) is 0.884. The number of para-hydroxylation sites is 1. The number of aromatic amines is 1. The number of carbonyl (C=O) groups is 1. The normalized spacial score (nSPS) is 9.47. The third-order valence-corrected chi connectivity index (χ3v) is 2.89. The molecule has 0 aliphatic carbocycles. The summed E-state index contributed by atoms with van der Waals surface area (Å²) in [6.45, 7) is 4.00. The molecule has 2 rings (SSSR count). The van der Waals surface area contributed by atoms with Crippen molar-refractivity contribution < 1.29 is 9.90 Å². The number of benzene rings is 1. The van der Waals surface area contributed by atoms with E-state index in [0.29, 0.717) is 9.47 Å². The molecule has 3 nitrogen and oxygen atoms in total. The number of nitrogens with one attached hydrogen (secondary N) is 1. The van der Waals surface area contributed by atoms with Crippen LogP contribution in [0, 0.1) is 3.95 Å². The number of rotatable bonds is 1. The minimum absolute atomic E-state index is 0.268. The molecular weight excluding hydrogens is 230 g/mol. The number of carboxylic acid groups (broad SMARTS) is 1. The van der Waals surface area contributed by atoms with E-state index in [1.54, 1.807) is 12.1 Å². The highest BCUT2D eigenvalue weighted by Gasteiger charge is 2.08. The van der Waals surface area contributed by atoms with E-state index in [9.17, 15) is 4.79 Å². The zero-order valence-corrected chi connectivity index (χ0v) is 10.0. The van der Waals surface area contributed by atoms with Gasteiger partial charge in [-0.25, -0.2) is 4.79 Å². The molecule has 1 aromatic carbocycles. The highest BCUT2D eigenvalue weighted by atomic mass is 32.1. The van der Waals surface area contributed by atoms with Gasteiger partial charge in [0.15, 0.2) is 3.95 Å². The van der Waals surface area contributed by atoms with E-state index in [-0.39, 0.29) is 5.56 Å². The molecule has 15 heavy (non-hydrogen) atoms. The van der Waals surface area contributed by atoms with Crippen LogP contribution in [0.2, 0.25) is 0 Å². The van der Waals surface area contributed by atoms with Gasteiger partial charge in [0.1, 0.15) is 0 Å². The molecule has 1 aromatic heterocycles. The zero-order valence-electron chi connectivity index (χ0n) is 8.40. The highest BCUT2D eigenvalue weighted by Crippen LogP contribution is 2.22. The monoisotopic (exact) mass is 241 g/mol. The first-order valence-corrected chi connectivity index (χ1v) is 5.76. The van der Waals surface area contributed by atoms with Crippen LogP contribution in [0.4, 0.5) is 0 Å². The lowest BCUT2D eigenvalue weighted by molar-refractivity contribution is 0.0699. The van der Waals surface area contributed by atoms with Crippen LogP contribution in [0.1, 0.15) is 24.2 Å². The van der Waals surface area contributed by atoms with Gasteiger partial charge in [0.25, 0.3) is 0 Å². The third-order valence-electron chi connectivity index (χ3n) is 1.69. The molecule has 0 aliphatic rings. The van der Waals surface area contributed by atoms with Crippen LogP contribution in [0.5, 0.6) is 0 Å². The topological polar surface area (TPSA) is 53.1 Å². The largest absolute Gasteiger partial charge is 0.478 e. The minimum atomic E-state index is -0.936. The van der Waals surface area contributed by atoms with Crippen molar-refractivity contribution in [3.63, 3.8) is 0 Å². The average molecular weight is 241 g/mol. The van der Waals surface area contributed by atoms with Crippen LogP contribution in [-0.2, 0) is 0 Å². The summed E-state index contributed by atoms with van der Waals surface area (Å²) in [7, 11) is 0. The Morgan fingerprint density at radius 1 is 1.47 bits per heavy atom. The zero-order chi connectivity index (χ0) is 11.4. The lowest BCUT2D eigenvalue weighted by Crippen LogP contribution is -1.96. The molecule has 5 heteroatoms. The number of aromatic nitrogens is 1. The van der Waals surface area contributed by atoms with Crippen molar-refractivity contribution in [3.05, 3.63) is 27.7 Å².